The van der Waals surface area contributed by atoms with E-state index in [1.54, 1.807) is 60.7 Å². The van der Waals surface area contributed by atoms with Gasteiger partial charge in [-0.25, -0.2) is 0 Å². The van der Waals surface area contributed by atoms with Crippen molar-refractivity contribution in [2.45, 2.75) is 39.0 Å². The van der Waals surface area contributed by atoms with Crippen molar-refractivity contribution in [1.82, 2.24) is 0 Å². The number of benzene rings is 3. The second-order valence-electron chi connectivity index (χ2n) is 8.41. The van der Waals surface area contributed by atoms with Crippen molar-refractivity contribution in [3.63, 3.8) is 0 Å². The monoisotopic (exact) mass is 454 g/mol. The Labute approximate surface area is 198 Å². The summed E-state index contributed by atoms with van der Waals surface area (Å²) in [5.41, 5.74) is 2.65. The predicted octanol–water partition coefficient (Wildman–Crippen LogP) is 5.39. The molecule has 0 saturated carbocycles. The molecule has 0 aromatic heterocycles. The molecule has 34 heavy (non-hydrogen) atoms. The first-order chi connectivity index (χ1) is 16.3. The van der Waals surface area contributed by atoms with Crippen molar-refractivity contribution in [1.29, 1.82) is 0 Å². The van der Waals surface area contributed by atoms with Crippen LogP contribution in [0.1, 0.15) is 64.5 Å². The van der Waals surface area contributed by atoms with E-state index in [0.29, 0.717) is 34.2 Å². The first-order valence-electron chi connectivity index (χ1n) is 11.3. The van der Waals surface area contributed by atoms with Gasteiger partial charge >= 0.3 is 11.9 Å². The van der Waals surface area contributed by atoms with Crippen molar-refractivity contribution in [3.8, 4) is 0 Å². The molecule has 4 rings (SSSR count). The molecule has 1 aliphatic carbocycles. The number of carboxylic acid groups (broad SMARTS) is 2. The number of carboxylic acids is 2. The first kappa shape index (κ1) is 23.2. The SMILES string of the molecule is CCc1ccc(C(C)=O)c(C2=C(c3ccccc3)C(C(=O)O)(C(=O)O)c3ccccc32)c1CC. The maximum absolute atomic E-state index is 12.9. The second kappa shape index (κ2) is 8.75. The Morgan fingerprint density at radius 2 is 1.41 bits per heavy atom. The van der Waals surface area contributed by atoms with E-state index >= 15 is 0 Å². The molecule has 0 spiro atoms. The van der Waals surface area contributed by atoms with E-state index < -0.39 is 17.4 Å². The summed E-state index contributed by atoms with van der Waals surface area (Å²) >= 11 is 0. The van der Waals surface area contributed by atoms with Crippen LogP contribution < -0.4 is 0 Å². The van der Waals surface area contributed by atoms with Crippen molar-refractivity contribution in [2.75, 3.05) is 0 Å². The molecule has 172 valence electrons. The van der Waals surface area contributed by atoms with Gasteiger partial charge in [0, 0.05) is 11.1 Å². The van der Waals surface area contributed by atoms with Gasteiger partial charge < -0.3 is 10.2 Å². The zero-order valence-electron chi connectivity index (χ0n) is 19.4. The van der Waals surface area contributed by atoms with Crippen molar-refractivity contribution in [3.05, 3.63) is 106 Å². The van der Waals surface area contributed by atoms with E-state index in [1.807, 2.05) is 19.9 Å². The molecule has 2 N–H and O–H groups in total. The quantitative estimate of drug-likeness (QED) is 0.369. The first-order valence-corrected chi connectivity index (χ1v) is 11.3. The van der Waals surface area contributed by atoms with Crippen molar-refractivity contribution in [2.24, 2.45) is 0 Å². The molecule has 3 aromatic rings. The third kappa shape index (κ3) is 3.19. The summed E-state index contributed by atoms with van der Waals surface area (Å²) in [4.78, 5) is 38.6. The minimum absolute atomic E-state index is 0.159. The third-order valence-corrected chi connectivity index (χ3v) is 6.70. The normalized spacial score (nSPS) is 14.1. The molecule has 0 aliphatic heterocycles. The van der Waals surface area contributed by atoms with Crippen LogP contribution in [0, 0.1) is 0 Å². The lowest BCUT2D eigenvalue weighted by atomic mass is 9.74. The van der Waals surface area contributed by atoms with Crippen LogP contribution >= 0.6 is 0 Å². The second-order valence-corrected chi connectivity index (χ2v) is 8.41. The Morgan fingerprint density at radius 3 is 1.97 bits per heavy atom. The van der Waals surface area contributed by atoms with E-state index in [2.05, 4.69) is 0 Å². The average Bonchev–Trinajstić information content (AvgIpc) is 3.15. The van der Waals surface area contributed by atoms with Crippen LogP contribution in [0.25, 0.3) is 11.1 Å². The van der Waals surface area contributed by atoms with Crippen molar-refractivity contribution < 1.29 is 24.6 Å². The Hall–Kier alpha value is -3.99. The fourth-order valence-electron chi connectivity index (χ4n) is 5.25. The van der Waals surface area contributed by atoms with Crippen LogP contribution in [-0.4, -0.2) is 27.9 Å². The number of hydrogen-bond acceptors (Lipinski definition) is 3. The van der Waals surface area contributed by atoms with Gasteiger partial charge in [-0.1, -0.05) is 80.6 Å². The molecular weight excluding hydrogens is 428 g/mol. The lowest BCUT2D eigenvalue weighted by Gasteiger charge is -2.26. The molecule has 0 atom stereocenters. The minimum Gasteiger partial charge on any atom is -0.480 e. The predicted molar refractivity (Wildman–Crippen MR) is 131 cm³/mol. The molecule has 0 radical (unpaired) electrons. The van der Waals surface area contributed by atoms with Crippen molar-refractivity contribution >= 4 is 28.9 Å². The van der Waals surface area contributed by atoms with E-state index in [9.17, 15) is 24.6 Å². The van der Waals surface area contributed by atoms with Crippen LogP contribution in [0.15, 0.2) is 66.7 Å². The van der Waals surface area contributed by atoms with Gasteiger partial charge in [-0.3, -0.25) is 14.4 Å². The van der Waals surface area contributed by atoms with Crippen LogP contribution in [0.5, 0.6) is 0 Å². The fourth-order valence-corrected chi connectivity index (χ4v) is 5.25. The average molecular weight is 455 g/mol. The Morgan fingerprint density at radius 1 is 0.794 bits per heavy atom. The van der Waals surface area contributed by atoms with Gasteiger partial charge in [-0.2, -0.15) is 0 Å². The Kier molecular flexibility index (Phi) is 5.96. The highest BCUT2D eigenvalue weighted by Gasteiger charge is 2.58. The number of ketones is 1. The lowest BCUT2D eigenvalue weighted by Crippen LogP contribution is -2.43. The number of hydrogen-bond donors (Lipinski definition) is 2. The van der Waals surface area contributed by atoms with E-state index in [1.165, 1.54) is 6.92 Å². The summed E-state index contributed by atoms with van der Waals surface area (Å²) in [5.74, 6) is -3.08. The van der Waals surface area contributed by atoms with Gasteiger partial charge in [0.25, 0.3) is 0 Å². The molecule has 3 aromatic carbocycles. The maximum Gasteiger partial charge on any atom is 0.330 e. The molecular formula is C29H26O5. The number of carbonyl (C=O) groups is 3. The van der Waals surface area contributed by atoms with E-state index in [4.69, 9.17) is 0 Å². The minimum atomic E-state index is -2.31. The van der Waals surface area contributed by atoms with Gasteiger partial charge in [0.05, 0.1) is 0 Å². The number of aliphatic carboxylic acids is 2. The highest BCUT2D eigenvalue weighted by molar-refractivity contribution is 6.27. The molecule has 5 heteroatoms. The molecule has 0 bridgehead atoms. The number of rotatable bonds is 7. The molecule has 0 saturated heterocycles. The maximum atomic E-state index is 12.9. The van der Waals surface area contributed by atoms with Crippen LogP contribution in [-0.2, 0) is 27.8 Å². The molecule has 0 unspecified atom stereocenters. The summed E-state index contributed by atoms with van der Waals surface area (Å²) in [5, 5.41) is 21.0. The van der Waals surface area contributed by atoms with Gasteiger partial charge in [-0.05, 0) is 58.7 Å². The number of aryl methyl sites for hydroxylation is 1. The smallest absolute Gasteiger partial charge is 0.330 e. The summed E-state index contributed by atoms with van der Waals surface area (Å²) < 4.78 is 0. The largest absolute Gasteiger partial charge is 0.480 e. The Bertz CT molecular complexity index is 1330. The molecule has 0 fully saturated rings. The summed E-state index contributed by atoms with van der Waals surface area (Å²) in [7, 11) is 0. The standard InChI is InChI=1S/C29H26O5/c1-4-18-15-16-21(17(3)30)24(20(18)5-2)25-22-13-9-10-14-23(22)29(27(31)32,28(33)34)26(25)19-11-7-6-8-12-19/h6-16H,4-5H2,1-3H3,(H,31,32)(H,33,34). The zero-order chi connectivity index (χ0) is 24.6. The zero-order valence-corrected chi connectivity index (χ0v) is 19.4. The number of carbonyl (C=O) groups excluding carboxylic acids is 1. The highest BCUT2D eigenvalue weighted by atomic mass is 16.4. The van der Waals surface area contributed by atoms with Crippen LogP contribution in [0.3, 0.4) is 0 Å². The molecule has 1 aliphatic rings. The Balaban J connectivity index is 2.32. The number of Topliss-reactive ketones (excluding diaryl/α,β-unsaturated/α-hetero) is 1. The summed E-state index contributed by atoms with van der Waals surface area (Å²) in [6.07, 6.45) is 1.34. The van der Waals surface area contributed by atoms with E-state index in [-0.39, 0.29) is 16.9 Å². The van der Waals surface area contributed by atoms with Gasteiger partial charge in [-0.15, -0.1) is 0 Å². The van der Waals surface area contributed by atoms with Crippen LogP contribution in [0.4, 0.5) is 0 Å². The van der Waals surface area contributed by atoms with Gasteiger partial charge in [0.2, 0.25) is 5.41 Å². The van der Waals surface area contributed by atoms with Gasteiger partial charge in [0.15, 0.2) is 5.78 Å². The third-order valence-electron chi connectivity index (χ3n) is 6.70. The fraction of sp³-hybridized carbons (Fsp3) is 0.207. The summed E-state index contributed by atoms with van der Waals surface area (Å²) in [6.45, 7) is 5.50. The van der Waals surface area contributed by atoms with Gasteiger partial charge in [0.1, 0.15) is 0 Å². The van der Waals surface area contributed by atoms with Crippen LogP contribution in [0.2, 0.25) is 0 Å². The number of fused-ring (bicyclic) bond motifs is 1. The topological polar surface area (TPSA) is 91.7 Å². The summed E-state index contributed by atoms with van der Waals surface area (Å²) in [6, 6.07) is 19.2. The molecule has 0 heterocycles. The highest BCUT2D eigenvalue weighted by Crippen LogP contribution is 2.55. The van der Waals surface area contributed by atoms with E-state index in [0.717, 1.165) is 17.5 Å². The lowest BCUT2D eigenvalue weighted by molar-refractivity contribution is -0.154. The molecule has 0 amide bonds. The molecule has 5 nitrogen and oxygen atoms in total.